The van der Waals surface area contributed by atoms with Gasteiger partial charge in [0.15, 0.2) is 0 Å². The van der Waals surface area contributed by atoms with E-state index in [1.165, 1.54) is 4.31 Å². The van der Waals surface area contributed by atoms with Gasteiger partial charge in [-0.25, -0.2) is 12.7 Å². The number of nitrogens with zero attached hydrogens (tertiary/aromatic N) is 3. The maximum Gasteiger partial charge on any atom is 0.253 e. The highest BCUT2D eigenvalue weighted by molar-refractivity contribution is 7.89. The third-order valence-electron chi connectivity index (χ3n) is 4.70. The van der Waals surface area contributed by atoms with Crippen molar-refractivity contribution in [1.82, 2.24) is 14.2 Å². The van der Waals surface area contributed by atoms with Crippen molar-refractivity contribution < 1.29 is 13.2 Å². The lowest BCUT2D eigenvalue weighted by Gasteiger charge is -2.34. The highest BCUT2D eigenvalue weighted by Gasteiger charge is 2.35. The van der Waals surface area contributed by atoms with E-state index in [0.29, 0.717) is 31.5 Å². The molecule has 2 aromatic rings. The van der Waals surface area contributed by atoms with E-state index in [2.05, 4.69) is 4.98 Å². The van der Waals surface area contributed by atoms with E-state index in [-0.39, 0.29) is 12.5 Å². The SMILES string of the molecule is CN(Cc1ccncc1)S(=O)(=O)[C@H]1CCCN(C(=O)c2ccccc2)C1. The summed E-state index contributed by atoms with van der Waals surface area (Å²) in [4.78, 5) is 18.2. The Morgan fingerprint density at radius 3 is 2.58 bits per heavy atom. The molecular weight excluding hydrogens is 350 g/mol. The standard InChI is InChI=1S/C19H23N3O3S/c1-21(14-16-9-11-20-12-10-16)26(24,25)18-8-5-13-22(15-18)19(23)17-6-3-2-4-7-17/h2-4,6-7,9-12,18H,5,8,13-15H2,1H3/t18-/m0/s1. The monoisotopic (exact) mass is 373 g/mol. The Labute approximate surface area is 154 Å². The molecule has 0 bridgehead atoms. The summed E-state index contributed by atoms with van der Waals surface area (Å²) in [6.07, 6.45) is 4.56. The maximum absolute atomic E-state index is 13.0. The molecule has 1 atom stereocenters. The van der Waals surface area contributed by atoms with Gasteiger partial charge in [0.1, 0.15) is 0 Å². The predicted octanol–water partition coefficient (Wildman–Crippen LogP) is 2.15. The van der Waals surface area contributed by atoms with Crippen molar-refractivity contribution in [1.29, 1.82) is 0 Å². The third-order valence-corrected chi connectivity index (χ3v) is 6.92. The fourth-order valence-corrected chi connectivity index (χ4v) is 4.89. The van der Waals surface area contributed by atoms with Crippen LogP contribution in [-0.4, -0.2) is 53.9 Å². The van der Waals surface area contributed by atoms with Gasteiger partial charge in [-0.15, -0.1) is 0 Å². The summed E-state index contributed by atoms with van der Waals surface area (Å²) in [5, 5.41) is -0.573. The van der Waals surface area contributed by atoms with Gasteiger partial charge in [-0.1, -0.05) is 18.2 Å². The molecule has 1 saturated heterocycles. The van der Waals surface area contributed by atoms with Crippen LogP contribution < -0.4 is 0 Å². The maximum atomic E-state index is 13.0. The van der Waals surface area contributed by atoms with Crippen LogP contribution in [0.5, 0.6) is 0 Å². The molecule has 138 valence electrons. The number of pyridine rings is 1. The number of amides is 1. The molecule has 1 aromatic carbocycles. The number of likely N-dealkylation sites (tertiary alicyclic amines) is 1. The van der Waals surface area contributed by atoms with Crippen molar-refractivity contribution in [2.24, 2.45) is 0 Å². The van der Waals surface area contributed by atoms with Crippen molar-refractivity contribution >= 4 is 15.9 Å². The van der Waals surface area contributed by atoms with Crippen molar-refractivity contribution in [3.8, 4) is 0 Å². The van der Waals surface area contributed by atoms with Crippen LogP contribution in [0.25, 0.3) is 0 Å². The highest BCUT2D eigenvalue weighted by Crippen LogP contribution is 2.22. The average Bonchev–Trinajstić information content (AvgIpc) is 2.69. The number of hydrogen-bond donors (Lipinski definition) is 0. The molecule has 1 aliphatic heterocycles. The molecule has 3 rings (SSSR count). The fraction of sp³-hybridized carbons (Fsp3) is 0.368. The van der Waals surface area contributed by atoms with Gasteiger partial charge in [-0.05, 0) is 42.7 Å². The van der Waals surface area contributed by atoms with Gasteiger partial charge >= 0.3 is 0 Å². The summed E-state index contributed by atoms with van der Waals surface area (Å²) in [6, 6.07) is 12.6. The second-order valence-corrected chi connectivity index (χ2v) is 8.86. The first-order valence-corrected chi connectivity index (χ1v) is 10.2. The minimum absolute atomic E-state index is 0.109. The molecule has 0 spiro atoms. The lowest BCUT2D eigenvalue weighted by Crippen LogP contribution is -2.48. The summed E-state index contributed by atoms with van der Waals surface area (Å²) in [5.41, 5.74) is 1.48. The zero-order valence-electron chi connectivity index (χ0n) is 14.8. The molecule has 7 heteroatoms. The number of carbonyl (C=O) groups excluding carboxylic acids is 1. The van der Waals surface area contributed by atoms with E-state index in [0.717, 1.165) is 5.56 Å². The van der Waals surface area contributed by atoms with Crippen molar-refractivity contribution in [3.05, 3.63) is 66.0 Å². The van der Waals surface area contributed by atoms with Crippen LogP contribution in [0.15, 0.2) is 54.9 Å². The van der Waals surface area contributed by atoms with Crippen LogP contribution in [-0.2, 0) is 16.6 Å². The zero-order valence-corrected chi connectivity index (χ0v) is 15.6. The molecule has 1 aliphatic rings. The molecule has 0 N–H and O–H groups in total. The van der Waals surface area contributed by atoms with Gasteiger partial charge in [0.2, 0.25) is 10.0 Å². The third kappa shape index (κ3) is 4.11. The summed E-state index contributed by atoms with van der Waals surface area (Å²) < 4.78 is 27.3. The first-order chi connectivity index (χ1) is 12.5. The summed E-state index contributed by atoms with van der Waals surface area (Å²) >= 11 is 0. The minimum atomic E-state index is -3.49. The fourth-order valence-electron chi connectivity index (χ4n) is 3.22. The summed E-state index contributed by atoms with van der Waals surface area (Å²) in [7, 11) is -1.90. The van der Waals surface area contributed by atoms with E-state index in [1.54, 1.807) is 48.6 Å². The number of piperidine rings is 1. The number of aromatic nitrogens is 1. The van der Waals surface area contributed by atoms with Gasteiger partial charge in [0.05, 0.1) is 5.25 Å². The molecule has 1 fully saturated rings. The van der Waals surface area contributed by atoms with Crippen LogP contribution in [0.1, 0.15) is 28.8 Å². The number of carbonyl (C=O) groups is 1. The van der Waals surface area contributed by atoms with E-state index < -0.39 is 15.3 Å². The lowest BCUT2D eigenvalue weighted by molar-refractivity contribution is 0.0725. The van der Waals surface area contributed by atoms with Crippen LogP contribution in [0.4, 0.5) is 0 Å². The number of sulfonamides is 1. The molecule has 0 aliphatic carbocycles. The molecule has 2 heterocycles. The Bertz CT molecular complexity index is 841. The number of rotatable bonds is 5. The Balaban J connectivity index is 1.70. The highest BCUT2D eigenvalue weighted by atomic mass is 32.2. The van der Waals surface area contributed by atoms with Crippen molar-refractivity contribution in [3.63, 3.8) is 0 Å². The predicted molar refractivity (Wildman–Crippen MR) is 100.0 cm³/mol. The molecule has 26 heavy (non-hydrogen) atoms. The second kappa shape index (κ2) is 7.97. The molecular formula is C19H23N3O3S. The molecule has 6 nitrogen and oxygen atoms in total. The van der Waals surface area contributed by atoms with Crippen molar-refractivity contribution in [2.75, 3.05) is 20.1 Å². The van der Waals surface area contributed by atoms with Gasteiger partial charge in [-0.2, -0.15) is 0 Å². The molecule has 1 amide bonds. The quantitative estimate of drug-likeness (QED) is 0.805. The second-order valence-electron chi connectivity index (χ2n) is 6.54. The average molecular weight is 373 g/mol. The molecule has 0 saturated carbocycles. The number of benzene rings is 1. The molecule has 0 unspecified atom stereocenters. The van der Waals surface area contributed by atoms with E-state index in [4.69, 9.17) is 0 Å². The van der Waals surface area contributed by atoms with Gasteiger partial charge in [0.25, 0.3) is 5.91 Å². The normalized spacial score (nSPS) is 18.1. The lowest BCUT2D eigenvalue weighted by atomic mass is 10.1. The van der Waals surface area contributed by atoms with E-state index in [9.17, 15) is 13.2 Å². The van der Waals surface area contributed by atoms with E-state index >= 15 is 0 Å². The number of hydrogen-bond acceptors (Lipinski definition) is 4. The van der Waals surface area contributed by atoms with Crippen LogP contribution in [0.3, 0.4) is 0 Å². The summed E-state index contributed by atoms with van der Waals surface area (Å²) in [5.74, 6) is -0.109. The Hall–Kier alpha value is -2.25. The minimum Gasteiger partial charge on any atom is -0.337 e. The largest absolute Gasteiger partial charge is 0.337 e. The van der Waals surface area contributed by atoms with Crippen LogP contribution in [0.2, 0.25) is 0 Å². The smallest absolute Gasteiger partial charge is 0.253 e. The first-order valence-electron chi connectivity index (χ1n) is 8.67. The van der Waals surface area contributed by atoms with Crippen LogP contribution in [0, 0.1) is 0 Å². The van der Waals surface area contributed by atoms with Crippen LogP contribution >= 0.6 is 0 Å². The Kier molecular flexibility index (Phi) is 5.68. The topological polar surface area (TPSA) is 70.6 Å². The van der Waals surface area contributed by atoms with Gasteiger partial charge < -0.3 is 4.90 Å². The Morgan fingerprint density at radius 1 is 1.19 bits per heavy atom. The van der Waals surface area contributed by atoms with Gasteiger partial charge in [-0.3, -0.25) is 9.78 Å². The molecule has 1 aromatic heterocycles. The van der Waals surface area contributed by atoms with Crippen molar-refractivity contribution in [2.45, 2.75) is 24.6 Å². The zero-order chi connectivity index (χ0) is 18.6. The summed E-state index contributed by atoms with van der Waals surface area (Å²) in [6.45, 7) is 1.12. The van der Waals surface area contributed by atoms with E-state index in [1.807, 2.05) is 18.2 Å². The Morgan fingerprint density at radius 2 is 1.88 bits per heavy atom. The first kappa shape index (κ1) is 18.5. The molecule has 0 radical (unpaired) electrons. The van der Waals surface area contributed by atoms with Gasteiger partial charge in [0, 0.05) is 44.6 Å².